The van der Waals surface area contributed by atoms with Gasteiger partial charge in [-0.3, -0.25) is 4.79 Å². The van der Waals surface area contributed by atoms with Gasteiger partial charge in [-0.1, -0.05) is 24.3 Å². The Hall–Kier alpha value is -2.95. The molecule has 26 heavy (non-hydrogen) atoms. The Bertz CT molecular complexity index is 913. The fraction of sp³-hybridized carbons (Fsp3) is 0.286. The number of furan rings is 1. The molecule has 1 amide bonds. The van der Waals surface area contributed by atoms with Crippen LogP contribution in [0, 0.1) is 0 Å². The lowest BCUT2D eigenvalue weighted by atomic mass is 10.1. The van der Waals surface area contributed by atoms with E-state index in [4.69, 9.17) is 13.9 Å². The average molecular weight is 351 g/mol. The Balaban J connectivity index is 1.40. The van der Waals surface area contributed by atoms with Gasteiger partial charge in [0.2, 0.25) is 12.7 Å². The molecule has 1 aliphatic rings. The second kappa shape index (κ2) is 6.75. The van der Waals surface area contributed by atoms with E-state index >= 15 is 0 Å². The van der Waals surface area contributed by atoms with Crippen molar-refractivity contribution in [1.29, 1.82) is 0 Å². The number of para-hydroxylation sites is 1. The molecule has 3 aromatic rings. The Labute approximate surface area is 152 Å². The van der Waals surface area contributed by atoms with Crippen LogP contribution in [0.3, 0.4) is 0 Å². The number of carbonyl (C=O) groups excluding carboxylic acids is 1. The van der Waals surface area contributed by atoms with E-state index in [9.17, 15) is 4.79 Å². The maximum absolute atomic E-state index is 12.6. The molecule has 0 saturated carbocycles. The van der Waals surface area contributed by atoms with Gasteiger partial charge in [0.15, 0.2) is 11.5 Å². The topological polar surface area (TPSA) is 51.9 Å². The Morgan fingerprint density at radius 3 is 2.77 bits per heavy atom. The van der Waals surface area contributed by atoms with Crippen molar-refractivity contribution in [3.8, 4) is 11.5 Å². The highest BCUT2D eigenvalue weighted by molar-refractivity contribution is 5.79. The molecule has 0 bridgehead atoms. The molecule has 0 N–H and O–H groups in total. The molecule has 1 aliphatic heterocycles. The molecule has 0 unspecified atom stereocenters. The number of benzene rings is 2. The molecule has 1 aromatic heterocycles. The maximum Gasteiger partial charge on any atom is 0.231 e. The van der Waals surface area contributed by atoms with Crippen LogP contribution < -0.4 is 9.47 Å². The Kier molecular flexibility index (Phi) is 4.29. The molecule has 4 rings (SSSR count). The SMILES string of the molecule is C[C@H](c1cc2ccccc2o1)N(C)C(=O)CCc1ccc2c(c1)OCO2. The van der Waals surface area contributed by atoms with E-state index < -0.39 is 0 Å². The number of hydrogen-bond acceptors (Lipinski definition) is 4. The first-order valence-electron chi connectivity index (χ1n) is 8.74. The number of rotatable bonds is 5. The molecule has 5 heteroatoms. The van der Waals surface area contributed by atoms with Gasteiger partial charge in [-0.25, -0.2) is 0 Å². The molecular formula is C21H21NO4. The number of fused-ring (bicyclic) bond motifs is 2. The second-order valence-corrected chi connectivity index (χ2v) is 6.55. The summed E-state index contributed by atoms with van der Waals surface area (Å²) in [5.41, 5.74) is 1.91. The van der Waals surface area contributed by atoms with Crippen LogP contribution in [-0.2, 0) is 11.2 Å². The highest BCUT2D eigenvalue weighted by Gasteiger charge is 2.21. The first-order valence-corrected chi connectivity index (χ1v) is 8.74. The van der Waals surface area contributed by atoms with Crippen molar-refractivity contribution in [3.05, 3.63) is 59.9 Å². The quantitative estimate of drug-likeness (QED) is 0.687. The van der Waals surface area contributed by atoms with Crippen molar-refractivity contribution in [2.45, 2.75) is 25.8 Å². The van der Waals surface area contributed by atoms with Gasteiger partial charge in [0, 0.05) is 18.9 Å². The first-order chi connectivity index (χ1) is 12.6. The van der Waals surface area contributed by atoms with Gasteiger partial charge in [0.05, 0.1) is 6.04 Å². The van der Waals surface area contributed by atoms with E-state index in [2.05, 4.69) is 0 Å². The van der Waals surface area contributed by atoms with Gasteiger partial charge in [-0.2, -0.15) is 0 Å². The third kappa shape index (κ3) is 3.12. The number of hydrogen-bond donors (Lipinski definition) is 0. The monoisotopic (exact) mass is 351 g/mol. The normalized spacial score (nSPS) is 13.8. The standard InChI is InChI=1S/C21H21NO4/c1-14(19-12-16-5-3-4-6-17(16)26-19)22(2)21(23)10-8-15-7-9-18-20(11-15)25-13-24-18/h3-7,9,11-12,14H,8,10,13H2,1-2H3/t14-/m1/s1. The molecular weight excluding hydrogens is 330 g/mol. The van der Waals surface area contributed by atoms with Crippen LogP contribution in [0.15, 0.2) is 52.9 Å². The van der Waals surface area contributed by atoms with Gasteiger partial charge >= 0.3 is 0 Å². The van der Waals surface area contributed by atoms with Gasteiger partial charge in [0.1, 0.15) is 11.3 Å². The minimum Gasteiger partial charge on any atom is -0.459 e. The second-order valence-electron chi connectivity index (χ2n) is 6.55. The van der Waals surface area contributed by atoms with Crippen molar-refractivity contribution in [1.82, 2.24) is 4.90 Å². The zero-order valence-corrected chi connectivity index (χ0v) is 14.9. The third-order valence-corrected chi connectivity index (χ3v) is 4.90. The molecule has 2 aromatic carbocycles. The van der Waals surface area contributed by atoms with Crippen molar-refractivity contribution in [2.75, 3.05) is 13.8 Å². The van der Waals surface area contributed by atoms with Gasteiger partial charge in [0.25, 0.3) is 0 Å². The molecule has 0 aliphatic carbocycles. The van der Waals surface area contributed by atoms with Crippen molar-refractivity contribution in [2.24, 2.45) is 0 Å². The summed E-state index contributed by atoms with van der Waals surface area (Å²) in [4.78, 5) is 14.3. The lowest BCUT2D eigenvalue weighted by Gasteiger charge is -2.23. The fourth-order valence-corrected chi connectivity index (χ4v) is 3.14. The molecule has 0 saturated heterocycles. The van der Waals surface area contributed by atoms with Crippen LogP contribution in [0.1, 0.15) is 30.7 Å². The molecule has 0 fully saturated rings. The van der Waals surface area contributed by atoms with E-state index in [1.165, 1.54) is 0 Å². The molecule has 0 radical (unpaired) electrons. The smallest absolute Gasteiger partial charge is 0.231 e. The largest absolute Gasteiger partial charge is 0.459 e. The minimum absolute atomic E-state index is 0.0793. The van der Waals surface area contributed by atoms with Crippen LogP contribution in [0.4, 0.5) is 0 Å². The molecule has 5 nitrogen and oxygen atoms in total. The summed E-state index contributed by atoms with van der Waals surface area (Å²) in [6, 6.07) is 15.6. The molecule has 134 valence electrons. The summed E-state index contributed by atoms with van der Waals surface area (Å²) in [5.74, 6) is 2.38. The predicted octanol–water partition coefficient (Wildman–Crippen LogP) is 4.31. The van der Waals surface area contributed by atoms with Crippen LogP contribution in [0.2, 0.25) is 0 Å². The van der Waals surface area contributed by atoms with E-state index in [0.29, 0.717) is 12.8 Å². The van der Waals surface area contributed by atoms with E-state index in [1.54, 1.807) is 4.90 Å². The van der Waals surface area contributed by atoms with Crippen molar-refractivity contribution >= 4 is 16.9 Å². The van der Waals surface area contributed by atoms with Crippen molar-refractivity contribution < 1.29 is 18.7 Å². The Morgan fingerprint density at radius 2 is 1.92 bits per heavy atom. The van der Waals surface area contributed by atoms with Crippen LogP contribution in [0.25, 0.3) is 11.0 Å². The Morgan fingerprint density at radius 1 is 1.12 bits per heavy atom. The molecule has 2 heterocycles. The highest BCUT2D eigenvalue weighted by Crippen LogP contribution is 2.33. The predicted molar refractivity (Wildman–Crippen MR) is 98.3 cm³/mol. The summed E-state index contributed by atoms with van der Waals surface area (Å²) >= 11 is 0. The van der Waals surface area contributed by atoms with E-state index in [-0.39, 0.29) is 18.7 Å². The van der Waals surface area contributed by atoms with Crippen molar-refractivity contribution in [3.63, 3.8) is 0 Å². The summed E-state index contributed by atoms with van der Waals surface area (Å²) in [6.07, 6.45) is 1.09. The number of ether oxygens (including phenoxy) is 2. The number of aryl methyl sites for hydroxylation is 1. The van der Waals surface area contributed by atoms with Gasteiger partial charge < -0.3 is 18.8 Å². The minimum atomic E-state index is -0.119. The van der Waals surface area contributed by atoms with E-state index in [0.717, 1.165) is 33.8 Å². The molecule has 0 spiro atoms. The first kappa shape index (κ1) is 16.5. The summed E-state index contributed by atoms with van der Waals surface area (Å²) < 4.78 is 16.6. The summed E-state index contributed by atoms with van der Waals surface area (Å²) in [5, 5.41) is 1.05. The maximum atomic E-state index is 12.6. The van der Waals surface area contributed by atoms with Gasteiger partial charge in [-0.05, 0) is 43.2 Å². The number of carbonyl (C=O) groups is 1. The third-order valence-electron chi connectivity index (χ3n) is 4.90. The number of amides is 1. The van der Waals surface area contributed by atoms with Gasteiger partial charge in [-0.15, -0.1) is 0 Å². The number of nitrogens with zero attached hydrogens (tertiary/aromatic N) is 1. The fourth-order valence-electron chi connectivity index (χ4n) is 3.14. The summed E-state index contributed by atoms with van der Waals surface area (Å²) in [7, 11) is 1.82. The van der Waals surface area contributed by atoms with E-state index in [1.807, 2.05) is 62.5 Å². The lowest BCUT2D eigenvalue weighted by Crippen LogP contribution is -2.29. The summed E-state index contributed by atoms with van der Waals surface area (Å²) in [6.45, 7) is 2.24. The van der Waals surface area contributed by atoms with Crippen LogP contribution in [0.5, 0.6) is 11.5 Å². The zero-order valence-electron chi connectivity index (χ0n) is 14.9. The van der Waals surface area contributed by atoms with Crippen LogP contribution in [-0.4, -0.2) is 24.6 Å². The highest BCUT2D eigenvalue weighted by atomic mass is 16.7. The average Bonchev–Trinajstić information content (AvgIpc) is 3.30. The zero-order chi connectivity index (χ0) is 18.1. The van der Waals surface area contributed by atoms with Crippen LogP contribution >= 0.6 is 0 Å². The molecule has 1 atom stereocenters. The lowest BCUT2D eigenvalue weighted by molar-refractivity contribution is -0.132.